The third kappa shape index (κ3) is 3.81. The number of anilines is 1. The Labute approximate surface area is 154 Å². The van der Waals surface area contributed by atoms with Gasteiger partial charge in [0.25, 0.3) is 0 Å². The Bertz CT molecular complexity index is 736. The van der Waals surface area contributed by atoms with Gasteiger partial charge in [0.2, 0.25) is 5.91 Å². The van der Waals surface area contributed by atoms with Gasteiger partial charge in [-0.2, -0.15) is 0 Å². The van der Waals surface area contributed by atoms with E-state index in [0.717, 1.165) is 43.6 Å². The fraction of sp³-hybridized carbons (Fsp3) is 0.684. The Morgan fingerprint density at radius 1 is 1.04 bits per heavy atom. The van der Waals surface area contributed by atoms with Crippen LogP contribution in [0.2, 0.25) is 0 Å². The van der Waals surface area contributed by atoms with Gasteiger partial charge in [0, 0.05) is 19.1 Å². The minimum Gasteiger partial charge on any atom is -0.354 e. The summed E-state index contributed by atoms with van der Waals surface area (Å²) in [5.74, 6) is 1.10. The van der Waals surface area contributed by atoms with Crippen LogP contribution >= 0.6 is 0 Å². The predicted octanol–water partition coefficient (Wildman–Crippen LogP) is 2.80. The zero-order valence-electron chi connectivity index (χ0n) is 15.3. The molecule has 1 atom stereocenters. The number of fused-ring (bicyclic) bond motifs is 1. The minimum atomic E-state index is 0.0297. The number of aromatic amines is 1. The molecule has 2 fully saturated rings. The first-order valence-corrected chi connectivity index (χ1v) is 10.0. The summed E-state index contributed by atoms with van der Waals surface area (Å²) in [7, 11) is 0. The van der Waals surface area contributed by atoms with Crippen LogP contribution in [-0.2, 0) is 4.79 Å². The number of rotatable bonds is 3. The number of H-pyrrole nitrogens is 1. The lowest BCUT2D eigenvalue weighted by atomic mass is 9.94. The quantitative estimate of drug-likeness (QED) is 0.883. The van der Waals surface area contributed by atoms with Crippen molar-refractivity contribution >= 4 is 22.9 Å². The maximum absolute atomic E-state index is 12.9. The third-order valence-corrected chi connectivity index (χ3v) is 5.75. The van der Waals surface area contributed by atoms with Crippen molar-refractivity contribution in [2.45, 2.75) is 63.8 Å². The lowest BCUT2D eigenvalue weighted by Gasteiger charge is -2.34. The van der Waals surface area contributed by atoms with Crippen molar-refractivity contribution in [1.82, 2.24) is 25.3 Å². The van der Waals surface area contributed by atoms with E-state index in [1.165, 1.54) is 32.1 Å². The first kappa shape index (κ1) is 17.2. The monoisotopic (exact) mass is 356 g/mol. The molecule has 2 aromatic heterocycles. The zero-order chi connectivity index (χ0) is 17.8. The van der Waals surface area contributed by atoms with Crippen LogP contribution in [0.3, 0.4) is 0 Å². The van der Waals surface area contributed by atoms with E-state index < -0.39 is 0 Å². The molecule has 7 heteroatoms. The summed E-state index contributed by atoms with van der Waals surface area (Å²) in [4.78, 5) is 31.0. The Kier molecular flexibility index (Phi) is 5.32. The normalized spacial score (nSPS) is 22.8. The molecule has 1 aliphatic heterocycles. The molecule has 0 unspecified atom stereocenters. The van der Waals surface area contributed by atoms with E-state index in [1.807, 2.05) is 0 Å². The van der Waals surface area contributed by atoms with Gasteiger partial charge in [0.15, 0.2) is 11.5 Å². The molecule has 1 aliphatic carbocycles. The SMILES string of the molecule is O=C(NC1CCCCCCC1)[C@H]1CCCN(c2ncnc3nc[nH]c23)C1. The van der Waals surface area contributed by atoms with Crippen LogP contribution < -0.4 is 10.2 Å². The van der Waals surface area contributed by atoms with E-state index >= 15 is 0 Å². The van der Waals surface area contributed by atoms with Gasteiger partial charge in [0.1, 0.15) is 11.8 Å². The molecule has 0 bridgehead atoms. The Morgan fingerprint density at radius 3 is 2.69 bits per heavy atom. The van der Waals surface area contributed by atoms with Crippen LogP contribution in [0.4, 0.5) is 5.82 Å². The molecule has 2 aliphatic rings. The van der Waals surface area contributed by atoms with Crippen molar-refractivity contribution in [1.29, 1.82) is 0 Å². The van der Waals surface area contributed by atoms with Crippen LogP contribution in [-0.4, -0.2) is 45.0 Å². The molecular formula is C19H28N6O. The van der Waals surface area contributed by atoms with E-state index in [1.54, 1.807) is 12.7 Å². The summed E-state index contributed by atoms with van der Waals surface area (Å²) in [5, 5.41) is 3.34. The summed E-state index contributed by atoms with van der Waals surface area (Å²) in [5.41, 5.74) is 1.53. The highest BCUT2D eigenvalue weighted by molar-refractivity contribution is 5.84. The largest absolute Gasteiger partial charge is 0.354 e. The second-order valence-electron chi connectivity index (χ2n) is 7.63. The minimum absolute atomic E-state index is 0.0297. The number of nitrogens with one attached hydrogen (secondary N) is 2. The van der Waals surface area contributed by atoms with Gasteiger partial charge in [-0.15, -0.1) is 0 Å². The van der Waals surface area contributed by atoms with Crippen LogP contribution in [0.5, 0.6) is 0 Å². The van der Waals surface area contributed by atoms with Crippen molar-refractivity contribution < 1.29 is 4.79 Å². The number of hydrogen-bond acceptors (Lipinski definition) is 5. The predicted molar refractivity (Wildman–Crippen MR) is 101 cm³/mol. The molecule has 1 amide bonds. The van der Waals surface area contributed by atoms with E-state index in [2.05, 4.69) is 30.2 Å². The van der Waals surface area contributed by atoms with Crippen molar-refractivity contribution in [2.75, 3.05) is 18.0 Å². The number of carbonyl (C=O) groups is 1. The first-order valence-electron chi connectivity index (χ1n) is 10.0. The summed E-state index contributed by atoms with van der Waals surface area (Å²) in [6.07, 6.45) is 13.8. The number of nitrogens with zero attached hydrogens (tertiary/aromatic N) is 4. The van der Waals surface area contributed by atoms with Gasteiger partial charge in [-0.3, -0.25) is 4.79 Å². The van der Waals surface area contributed by atoms with Crippen LogP contribution in [0, 0.1) is 5.92 Å². The second-order valence-corrected chi connectivity index (χ2v) is 7.63. The van der Waals surface area contributed by atoms with E-state index in [9.17, 15) is 4.79 Å². The van der Waals surface area contributed by atoms with Gasteiger partial charge in [-0.25, -0.2) is 15.0 Å². The molecule has 26 heavy (non-hydrogen) atoms. The van der Waals surface area contributed by atoms with E-state index in [0.29, 0.717) is 18.2 Å². The Balaban J connectivity index is 1.41. The number of aromatic nitrogens is 4. The highest BCUT2D eigenvalue weighted by atomic mass is 16.2. The Morgan fingerprint density at radius 2 is 1.85 bits per heavy atom. The molecule has 0 aromatic carbocycles. The van der Waals surface area contributed by atoms with E-state index in [4.69, 9.17) is 0 Å². The summed E-state index contributed by atoms with van der Waals surface area (Å²) in [6.45, 7) is 1.63. The fourth-order valence-electron chi connectivity index (χ4n) is 4.30. The Hall–Kier alpha value is -2.18. The molecule has 3 heterocycles. The maximum atomic E-state index is 12.9. The zero-order valence-corrected chi connectivity index (χ0v) is 15.3. The molecule has 1 saturated heterocycles. The molecule has 0 radical (unpaired) electrons. The molecule has 0 spiro atoms. The molecule has 2 aromatic rings. The fourth-order valence-corrected chi connectivity index (χ4v) is 4.30. The van der Waals surface area contributed by atoms with Gasteiger partial charge in [-0.05, 0) is 25.7 Å². The third-order valence-electron chi connectivity index (χ3n) is 5.75. The molecule has 140 valence electrons. The summed E-state index contributed by atoms with van der Waals surface area (Å²) in [6, 6.07) is 0.358. The molecule has 1 saturated carbocycles. The van der Waals surface area contributed by atoms with Crippen molar-refractivity contribution in [3.8, 4) is 0 Å². The van der Waals surface area contributed by atoms with Crippen molar-refractivity contribution in [2.24, 2.45) is 5.92 Å². The molecule has 4 rings (SSSR count). The number of carbonyl (C=O) groups excluding carboxylic acids is 1. The van der Waals surface area contributed by atoms with Gasteiger partial charge < -0.3 is 15.2 Å². The molecule has 7 nitrogen and oxygen atoms in total. The standard InChI is InChI=1S/C19H28N6O/c26-19(24-15-8-4-2-1-3-5-9-15)14-7-6-10-25(11-14)18-16-17(21-12-20-16)22-13-23-18/h12-15H,1-11H2,(H,24,26)(H,20,21,22,23)/t14-/m0/s1. The van der Waals surface area contributed by atoms with Crippen LogP contribution in [0.15, 0.2) is 12.7 Å². The topological polar surface area (TPSA) is 86.8 Å². The van der Waals surface area contributed by atoms with E-state index in [-0.39, 0.29) is 11.8 Å². The summed E-state index contributed by atoms with van der Waals surface area (Å²) >= 11 is 0. The molecular weight excluding hydrogens is 328 g/mol. The lowest BCUT2D eigenvalue weighted by molar-refractivity contribution is -0.126. The van der Waals surface area contributed by atoms with Crippen molar-refractivity contribution in [3.05, 3.63) is 12.7 Å². The highest BCUT2D eigenvalue weighted by Gasteiger charge is 2.29. The number of imidazole rings is 1. The number of hydrogen-bond donors (Lipinski definition) is 2. The smallest absolute Gasteiger partial charge is 0.225 e. The number of piperidine rings is 1. The second kappa shape index (κ2) is 8.01. The highest BCUT2D eigenvalue weighted by Crippen LogP contribution is 2.26. The van der Waals surface area contributed by atoms with Gasteiger partial charge in [-0.1, -0.05) is 32.1 Å². The number of amides is 1. The van der Waals surface area contributed by atoms with Crippen LogP contribution in [0.1, 0.15) is 57.8 Å². The first-order chi connectivity index (χ1) is 12.8. The van der Waals surface area contributed by atoms with Gasteiger partial charge >= 0.3 is 0 Å². The average molecular weight is 356 g/mol. The van der Waals surface area contributed by atoms with Crippen molar-refractivity contribution in [3.63, 3.8) is 0 Å². The lowest BCUT2D eigenvalue weighted by Crippen LogP contribution is -2.46. The average Bonchev–Trinajstić information content (AvgIpc) is 3.12. The molecule has 2 N–H and O–H groups in total. The summed E-state index contributed by atoms with van der Waals surface area (Å²) < 4.78 is 0. The van der Waals surface area contributed by atoms with Crippen LogP contribution in [0.25, 0.3) is 11.2 Å². The van der Waals surface area contributed by atoms with Gasteiger partial charge in [0.05, 0.1) is 12.2 Å². The maximum Gasteiger partial charge on any atom is 0.225 e.